The number of benzene rings is 1. The van der Waals surface area contributed by atoms with E-state index in [-0.39, 0.29) is 5.82 Å². The molecule has 28 heavy (non-hydrogen) atoms. The van der Waals surface area contributed by atoms with Gasteiger partial charge < -0.3 is 15.0 Å². The number of thiocarbonyl (C=S) groups is 1. The standard InChI is InChI=1S/C22H36FN3OS/c1-2-3-4-5-6-9-12-24-22(28)26(14-13-25-15-17-27-18-16-25)19-20-10-7-8-11-21(20)23/h7-8,10-11H,2-6,9,12-19H2,1H3,(H,24,28). The summed E-state index contributed by atoms with van der Waals surface area (Å²) in [7, 11) is 0. The van der Waals surface area contributed by atoms with Crippen LogP contribution in [-0.4, -0.2) is 60.8 Å². The molecule has 1 saturated heterocycles. The van der Waals surface area contributed by atoms with Gasteiger partial charge in [-0.3, -0.25) is 4.90 Å². The van der Waals surface area contributed by atoms with Crippen molar-refractivity contribution in [2.75, 3.05) is 45.9 Å². The van der Waals surface area contributed by atoms with Gasteiger partial charge in [0, 0.05) is 44.8 Å². The van der Waals surface area contributed by atoms with E-state index in [0.717, 1.165) is 57.5 Å². The number of hydrogen-bond donors (Lipinski definition) is 1. The van der Waals surface area contributed by atoms with Gasteiger partial charge >= 0.3 is 0 Å². The summed E-state index contributed by atoms with van der Waals surface area (Å²) >= 11 is 5.65. The average molecular weight is 410 g/mol. The molecule has 1 fully saturated rings. The van der Waals surface area contributed by atoms with Crippen molar-refractivity contribution in [2.45, 2.75) is 52.0 Å². The lowest BCUT2D eigenvalue weighted by atomic mass is 10.1. The van der Waals surface area contributed by atoms with Crippen LogP contribution in [0.25, 0.3) is 0 Å². The number of nitrogens with one attached hydrogen (secondary N) is 1. The molecule has 2 rings (SSSR count). The summed E-state index contributed by atoms with van der Waals surface area (Å²) in [5, 5.41) is 4.12. The second-order valence-corrected chi connectivity index (χ2v) is 7.85. The highest BCUT2D eigenvalue weighted by Gasteiger charge is 2.16. The molecule has 0 aromatic heterocycles. The maximum atomic E-state index is 14.1. The van der Waals surface area contributed by atoms with Crippen LogP contribution in [0.5, 0.6) is 0 Å². The lowest BCUT2D eigenvalue weighted by Gasteiger charge is -2.31. The van der Waals surface area contributed by atoms with Gasteiger partial charge in [-0.1, -0.05) is 57.2 Å². The van der Waals surface area contributed by atoms with Crippen molar-refractivity contribution in [2.24, 2.45) is 0 Å². The van der Waals surface area contributed by atoms with Crippen molar-refractivity contribution in [3.05, 3.63) is 35.6 Å². The van der Waals surface area contributed by atoms with Crippen LogP contribution in [0.15, 0.2) is 24.3 Å². The largest absolute Gasteiger partial charge is 0.379 e. The van der Waals surface area contributed by atoms with Crippen molar-refractivity contribution in [3.8, 4) is 0 Å². The molecule has 0 unspecified atom stereocenters. The van der Waals surface area contributed by atoms with E-state index in [1.165, 1.54) is 38.2 Å². The number of hydrogen-bond acceptors (Lipinski definition) is 3. The first-order valence-electron chi connectivity index (χ1n) is 10.8. The van der Waals surface area contributed by atoms with Gasteiger partial charge in [-0.25, -0.2) is 4.39 Å². The van der Waals surface area contributed by atoms with Crippen molar-refractivity contribution in [1.82, 2.24) is 15.1 Å². The van der Waals surface area contributed by atoms with E-state index in [1.807, 2.05) is 12.1 Å². The number of nitrogens with zero attached hydrogens (tertiary/aromatic N) is 2. The number of morpholine rings is 1. The Balaban J connectivity index is 1.81. The molecule has 4 nitrogen and oxygen atoms in total. The Labute approximate surface area is 175 Å². The highest BCUT2D eigenvalue weighted by atomic mass is 32.1. The van der Waals surface area contributed by atoms with E-state index >= 15 is 0 Å². The zero-order chi connectivity index (χ0) is 20.0. The maximum Gasteiger partial charge on any atom is 0.169 e. The van der Waals surface area contributed by atoms with Crippen molar-refractivity contribution in [1.29, 1.82) is 0 Å². The van der Waals surface area contributed by atoms with E-state index < -0.39 is 0 Å². The van der Waals surface area contributed by atoms with Crippen LogP contribution in [0.2, 0.25) is 0 Å². The molecule has 0 atom stereocenters. The summed E-state index contributed by atoms with van der Waals surface area (Å²) in [4.78, 5) is 4.48. The van der Waals surface area contributed by atoms with E-state index in [9.17, 15) is 4.39 Å². The minimum Gasteiger partial charge on any atom is -0.379 e. The Kier molecular flexibility index (Phi) is 11.4. The molecule has 158 valence electrons. The van der Waals surface area contributed by atoms with Gasteiger partial charge in [0.05, 0.1) is 13.2 Å². The van der Waals surface area contributed by atoms with Crippen LogP contribution in [0.4, 0.5) is 4.39 Å². The summed E-state index contributed by atoms with van der Waals surface area (Å²) in [6.07, 6.45) is 7.57. The van der Waals surface area contributed by atoms with Gasteiger partial charge in [0.15, 0.2) is 5.11 Å². The summed E-state index contributed by atoms with van der Waals surface area (Å²) in [6.45, 7) is 8.79. The second-order valence-electron chi connectivity index (χ2n) is 7.47. The number of halogens is 1. The molecular formula is C22H36FN3OS. The second kappa shape index (κ2) is 13.9. The Hall–Kier alpha value is -1.24. The van der Waals surface area contributed by atoms with Crippen LogP contribution >= 0.6 is 12.2 Å². The van der Waals surface area contributed by atoms with Crippen LogP contribution in [0.3, 0.4) is 0 Å². The summed E-state index contributed by atoms with van der Waals surface area (Å²) < 4.78 is 19.6. The van der Waals surface area contributed by atoms with Crippen molar-refractivity contribution >= 4 is 17.3 Å². The van der Waals surface area contributed by atoms with Crippen LogP contribution in [0.1, 0.15) is 51.0 Å². The molecule has 1 aliphatic rings. The number of ether oxygens (including phenoxy) is 1. The van der Waals surface area contributed by atoms with E-state index in [2.05, 4.69) is 22.0 Å². The van der Waals surface area contributed by atoms with E-state index in [1.54, 1.807) is 6.07 Å². The molecule has 1 aliphatic heterocycles. The molecular weight excluding hydrogens is 373 g/mol. The smallest absolute Gasteiger partial charge is 0.169 e. The van der Waals surface area contributed by atoms with Gasteiger partial charge in [-0.15, -0.1) is 0 Å². The number of unbranched alkanes of at least 4 members (excludes halogenated alkanes) is 5. The number of rotatable bonds is 12. The van der Waals surface area contributed by atoms with Crippen molar-refractivity contribution in [3.63, 3.8) is 0 Å². The molecule has 1 N–H and O–H groups in total. The third-order valence-corrected chi connectivity index (χ3v) is 5.61. The Bertz CT molecular complexity index is 566. The average Bonchev–Trinajstić information content (AvgIpc) is 2.72. The monoisotopic (exact) mass is 409 g/mol. The predicted octanol–water partition coefficient (Wildman–Crippen LogP) is 4.19. The summed E-state index contributed by atoms with van der Waals surface area (Å²) in [5.41, 5.74) is 0.688. The van der Waals surface area contributed by atoms with Crippen LogP contribution < -0.4 is 5.32 Å². The highest BCUT2D eigenvalue weighted by Crippen LogP contribution is 2.11. The van der Waals surface area contributed by atoms with Crippen molar-refractivity contribution < 1.29 is 9.13 Å². The third kappa shape index (κ3) is 8.84. The lowest BCUT2D eigenvalue weighted by Crippen LogP contribution is -2.46. The molecule has 1 aromatic carbocycles. The predicted molar refractivity (Wildman–Crippen MR) is 118 cm³/mol. The first kappa shape index (κ1) is 23.0. The minimum absolute atomic E-state index is 0.169. The molecule has 1 aromatic rings. The molecule has 0 spiro atoms. The lowest BCUT2D eigenvalue weighted by molar-refractivity contribution is 0.0357. The Morgan fingerprint density at radius 2 is 1.86 bits per heavy atom. The molecule has 0 radical (unpaired) electrons. The Morgan fingerprint density at radius 3 is 2.61 bits per heavy atom. The first-order valence-corrected chi connectivity index (χ1v) is 11.2. The quantitative estimate of drug-likeness (QED) is 0.413. The van der Waals surface area contributed by atoms with Gasteiger partial charge in [-0.2, -0.15) is 0 Å². The van der Waals surface area contributed by atoms with Gasteiger partial charge in [0.1, 0.15) is 5.82 Å². The third-order valence-electron chi connectivity index (χ3n) is 5.20. The fourth-order valence-electron chi connectivity index (χ4n) is 3.38. The summed E-state index contributed by atoms with van der Waals surface area (Å²) in [6, 6.07) is 6.97. The van der Waals surface area contributed by atoms with Crippen LogP contribution in [0, 0.1) is 5.82 Å². The molecule has 0 aliphatic carbocycles. The molecule has 0 saturated carbocycles. The zero-order valence-electron chi connectivity index (χ0n) is 17.3. The molecule has 1 heterocycles. The topological polar surface area (TPSA) is 27.7 Å². The normalized spacial score (nSPS) is 14.8. The fourth-order valence-corrected chi connectivity index (χ4v) is 3.64. The Morgan fingerprint density at radius 1 is 1.14 bits per heavy atom. The van der Waals surface area contributed by atoms with E-state index in [0.29, 0.717) is 12.1 Å². The minimum atomic E-state index is -0.169. The molecule has 0 bridgehead atoms. The van der Waals surface area contributed by atoms with E-state index in [4.69, 9.17) is 17.0 Å². The highest BCUT2D eigenvalue weighted by molar-refractivity contribution is 7.80. The summed E-state index contributed by atoms with van der Waals surface area (Å²) in [5.74, 6) is -0.169. The van der Waals surface area contributed by atoms with Crippen LogP contribution in [-0.2, 0) is 11.3 Å². The fraction of sp³-hybridized carbons (Fsp3) is 0.682. The molecule has 6 heteroatoms. The SMILES string of the molecule is CCCCCCCCNC(=S)N(CCN1CCOCC1)Cc1ccccc1F. The maximum absolute atomic E-state index is 14.1. The van der Waals surface area contributed by atoms with Gasteiger partial charge in [0.25, 0.3) is 0 Å². The van der Waals surface area contributed by atoms with Gasteiger partial charge in [-0.05, 0) is 24.7 Å². The zero-order valence-corrected chi connectivity index (χ0v) is 18.1. The first-order chi connectivity index (χ1) is 13.7. The van der Waals surface area contributed by atoms with Gasteiger partial charge in [0.2, 0.25) is 0 Å². The molecule has 0 amide bonds.